The molecule has 0 spiro atoms. The molecule has 0 radical (unpaired) electrons. The van der Waals surface area contributed by atoms with Crippen molar-refractivity contribution in [3.63, 3.8) is 0 Å². The van der Waals surface area contributed by atoms with Crippen LogP contribution >= 0.6 is 0 Å². The van der Waals surface area contributed by atoms with E-state index in [4.69, 9.17) is 4.42 Å². The highest BCUT2D eigenvalue weighted by Gasteiger charge is 2.15. The Morgan fingerprint density at radius 3 is 2.80 bits per heavy atom. The summed E-state index contributed by atoms with van der Waals surface area (Å²) in [6.07, 6.45) is 0. The van der Waals surface area contributed by atoms with E-state index in [2.05, 4.69) is 10.1 Å². The van der Waals surface area contributed by atoms with Gasteiger partial charge in [0.15, 0.2) is 0 Å². The topological polar surface area (TPSA) is 85.6 Å². The van der Waals surface area contributed by atoms with Gasteiger partial charge in [-0.3, -0.25) is 9.59 Å². The molecule has 1 aromatic carbocycles. The molecule has 0 aliphatic carbocycles. The Bertz CT molecular complexity index is 737. The van der Waals surface area contributed by atoms with Crippen LogP contribution < -0.4 is 10.9 Å². The summed E-state index contributed by atoms with van der Waals surface area (Å²) in [6, 6.07) is 4.88. The number of hydrogen-bond donors (Lipinski definition) is 1. The number of nitrogens with one attached hydrogen (secondary N) is 1. The second kappa shape index (κ2) is 5.52. The molecule has 0 saturated heterocycles. The second-order valence-corrected chi connectivity index (χ2v) is 3.89. The molecule has 6 nitrogen and oxygen atoms in total. The van der Waals surface area contributed by atoms with Gasteiger partial charge in [-0.25, -0.2) is 9.18 Å². The second-order valence-electron chi connectivity index (χ2n) is 3.89. The molecule has 0 atom stereocenters. The molecule has 1 N–H and O–H groups in total. The van der Waals surface area contributed by atoms with E-state index >= 15 is 0 Å². The minimum atomic E-state index is -0.912. The van der Waals surface area contributed by atoms with Gasteiger partial charge in [0.1, 0.15) is 23.5 Å². The minimum absolute atomic E-state index is 0.0412. The highest BCUT2D eigenvalue weighted by molar-refractivity contribution is 5.97. The number of hydrogen-bond acceptors (Lipinski definition) is 5. The van der Waals surface area contributed by atoms with Crippen LogP contribution in [0.4, 0.5) is 4.39 Å². The molecule has 20 heavy (non-hydrogen) atoms. The fraction of sp³-hybridized carbons (Fsp3) is 0.154. The van der Waals surface area contributed by atoms with Gasteiger partial charge in [-0.15, -0.1) is 0 Å². The highest BCUT2D eigenvalue weighted by atomic mass is 19.1. The van der Waals surface area contributed by atoms with Crippen LogP contribution in [0.2, 0.25) is 0 Å². The molecule has 0 bridgehead atoms. The van der Waals surface area contributed by atoms with Crippen LogP contribution in [0, 0.1) is 5.82 Å². The van der Waals surface area contributed by atoms with E-state index in [-0.39, 0.29) is 17.7 Å². The molecule has 7 heteroatoms. The molecule has 0 aliphatic rings. The predicted molar refractivity (Wildman–Crippen MR) is 66.8 cm³/mol. The minimum Gasteiger partial charge on any atom is -0.468 e. The Hall–Kier alpha value is -2.70. The van der Waals surface area contributed by atoms with E-state index in [1.54, 1.807) is 0 Å². The summed E-state index contributed by atoms with van der Waals surface area (Å²) in [6.45, 7) is -0.365. The Morgan fingerprint density at radius 2 is 2.10 bits per heavy atom. The van der Waals surface area contributed by atoms with Crippen LogP contribution in [0.3, 0.4) is 0 Å². The van der Waals surface area contributed by atoms with Crippen LogP contribution in [-0.4, -0.2) is 25.5 Å². The lowest BCUT2D eigenvalue weighted by molar-refractivity contribution is -0.139. The van der Waals surface area contributed by atoms with Gasteiger partial charge >= 0.3 is 11.6 Å². The third-order valence-corrected chi connectivity index (χ3v) is 2.56. The van der Waals surface area contributed by atoms with Crippen molar-refractivity contribution < 1.29 is 23.1 Å². The zero-order chi connectivity index (χ0) is 14.7. The summed E-state index contributed by atoms with van der Waals surface area (Å²) in [5.74, 6) is -1.97. The van der Waals surface area contributed by atoms with Gasteiger partial charge in [-0.2, -0.15) is 0 Å². The molecule has 1 heterocycles. The van der Waals surface area contributed by atoms with E-state index in [0.29, 0.717) is 5.39 Å². The molecule has 2 aromatic rings. The van der Waals surface area contributed by atoms with E-state index < -0.39 is 23.3 Å². The van der Waals surface area contributed by atoms with Crippen molar-refractivity contribution in [2.75, 3.05) is 13.7 Å². The van der Waals surface area contributed by atoms with E-state index in [1.807, 2.05) is 0 Å². The Morgan fingerprint density at radius 1 is 1.35 bits per heavy atom. The van der Waals surface area contributed by atoms with Crippen molar-refractivity contribution in [1.29, 1.82) is 0 Å². The van der Waals surface area contributed by atoms with Crippen molar-refractivity contribution in [2.24, 2.45) is 0 Å². The summed E-state index contributed by atoms with van der Waals surface area (Å²) < 4.78 is 22.2. The molecule has 0 saturated carbocycles. The maximum Gasteiger partial charge on any atom is 0.349 e. The monoisotopic (exact) mass is 279 g/mol. The first-order chi connectivity index (χ1) is 9.51. The maximum atomic E-state index is 13.0. The predicted octanol–water partition coefficient (Wildman–Crippen LogP) is 0.835. The number of fused-ring (bicyclic) bond motifs is 1. The first-order valence-corrected chi connectivity index (χ1v) is 5.59. The van der Waals surface area contributed by atoms with Crippen molar-refractivity contribution >= 4 is 22.8 Å². The average molecular weight is 279 g/mol. The molecule has 104 valence electrons. The normalized spacial score (nSPS) is 10.3. The molecule has 0 aliphatic heterocycles. The van der Waals surface area contributed by atoms with Gasteiger partial charge in [-0.05, 0) is 18.2 Å². The Kier molecular flexibility index (Phi) is 3.79. The van der Waals surface area contributed by atoms with E-state index in [9.17, 15) is 18.8 Å². The first kappa shape index (κ1) is 13.7. The van der Waals surface area contributed by atoms with Gasteiger partial charge in [0.05, 0.1) is 7.11 Å². The number of carbonyl (C=O) groups is 2. The van der Waals surface area contributed by atoms with E-state index in [1.165, 1.54) is 25.3 Å². The molecule has 2 rings (SSSR count). The molecular formula is C13H10FNO5. The van der Waals surface area contributed by atoms with Crippen LogP contribution in [0.5, 0.6) is 0 Å². The molecule has 0 fully saturated rings. The van der Waals surface area contributed by atoms with Gasteiger partial charge in [0.25, 0.3) is 5.91 Å². The number of halogens is 1. The Balaban J connectivity index is 2.32. The van der Waals surface area contributed by atoms with Crippen LogP contribution in [-0.2, 0) is 9.53 Å². The highest BCUT2D eigenvalue weighted by Crippen LogP contribution is 2.14. The number of amides is 1. The fourth-order valence-corrected chi connectivity index (χ4v) is 1.56. The zero-order valence-corrected chi connectivity index (χ0v) is 10.4. The maximum absolute atomic E-state index is 13.0. The fourth-order valence-electron chi connectivity index (χ4n) is 1.56. The quantitative estimate of drug-likeness (QED) is 0.664. The molecule has 1 aromatic heterocycles. The molecule has 1 amide bonds. The SMILES string of the molecule is COC(=O)CNC(=O)c1cc2ccc(F)cc2oc1=O. The number of esters is 1. The van der Waals surface area contributed by atoms with E-state index in [0.717, 1.165) is 6.07 Å². The number of benzene rings is 1. The molecular weight excluding hydrogens is 269 g/mol. The third-order valence-electron chi connectivity index (χ3n) is 2.56. The smallest absolute Gasteiger partial charge is 0.349 e. The average Bonchev–Trinajstić information content (AvgIpc) is 2.43. The van der Waals surface area contributed by atoms with Crippen LogP contribution in [0.25, 0.3) is 11.0 Å². The van der Waals surface area contributed by atoms with Crippen molar-refractivity contribution in [1.82, 2.24) is 5.32 Å². The summed E-state index contributed by atoms with van der Waals surface area (Å²) in [5, 5.41) is 2.62. The van der Waals surface area contributed by atoms with Gasteiger partial charge in [0, 0.05) is 11.5 Å². The third kappa shape index (κ3) is 2.82. The number of carbonyl (C=O) groups excluding carboxylic acids is 2. The lowest BCUT2D eigenvalue weighted by Crippen LogP contribution is -2.33. The summed E-state index contributed by atoms with van der Waals surface area (Å²) >= 11 is 0. The zero-order valence-electron chi connectivity index (χ0n) is 10.4. The lowest BCUT2D eigenvalue weighted by Gasteiger charge is -2.04. The van der Waals surface area contributed by atoms with Crippen LogP contribution in [0.15, 0.2) is 33.5 Å². The first-order valence-electron chi connectivity index (χ1n) is 5.59. The molecule has 0 unspecified atom stereocenters. The largest absolute Gasteiger partial charge is 0.468 e. The van der Waals surface area contributed by atoms with Crippen molar-refractivity contribution in [3.05, 3.63) is 46.1 Å². The van der Waals surface area contributed by atoms with Crippen molar-refractivity contribution in [3.8, 4) is 0 Å². The van der Waals surface area contributed by atoms with Crippen LogP contribution in [0.1, 0.15) is 10.4 Å². The van der Waals surface area contributed by atoms with Crippen molar-refractivity contribution in [2.45, 2.75) is 0 Å². The summed E-state index contributed by atoms with van der Waals surface area (Å²) in [5.41, 5.74) is -1.14. The summed E-state index contributed by atoms with van der Waals surface area (Å²) in [7, 11) is 1.17. The number of rotatable bonds is 3. The Labute approximate surface area is 112 Å². The summed E-state index contributed by atoms with van der Waals surface area (Å²) in [4.78, 5) is 34.3. The number of methoxy groups -OCH3 is 1. The van der Waals surface area contributed by atoms with Gasteiger partial charge in [-0.1, -0.05) is 0 Å². The number of ether oxygens (including phenoxy) is 1. The standard InChI is InChI=1S/C13H10FNO5/c1-19-11(16)6-15-12(17)9-4-7-2-3-8(14)5-10(7)20-13(9)18/h2-5H,6H2,1H3,(H,15,17). The van der Waals surface area contributed by atoms with Gasteiger partial charge < -0.3 is 14.5 Å². The lowest BCUT2D eigenvalue weighted by atomic mass is 10.2. The van der Waals surface area contributed by atoms with Gasteiger partial charge in [0.2, 0.25) is 0 Å².